The van der Waals surface area contributed by atoms with E-state index in [2.05, 4.69) is 10.3 Å². The van der Waals surface area contributed by atoms with Crippen LogP contribution < -0.4 is 5.32 Å². The number of methoxy groups -OCH3 is 1. The molecule has 3 aromatic rings. The SMILES string of the molecule is COCCS(=O)(=O)c1ccc(C(=O)NC2CCC(c3nc4cc(Cl)ccc4o3)CC2)o1. The van der Waals surface area contributed by atoms with Gasteiger partial charge in [0, 0.05) is 24.1 Å². The fourth-order valence-electron chi connectivity index (χ4n) is 3.74. The van der Waals surface area contributed by atoms with Gasteiger partial charge >= 0.3 is 0 Å². The minimum absolute atomic E-state index is 0.0195. The number of nitrogens with zero attached hydrogens (tertiary/aromatic N) is 1. The van der Waals surface area contributed by atoms with Crippen LogP contribution in [0.2, 0.25) is 5.02 Å². The van der Waals surface area contributed by atoms with Crippen LogP contribution in [0.1, 0.15) is 48.0 Å². The largest absolute Gasteiger partial charge is 0.440 e. The molecule has 0 unspecified atom stereocenters. The minimum atomic E-state index is -3.62. The maximum Gasteiger partial charge on any atom is 0.287 e. The van der Waals surface area contributed by atoms with Crippen LogP contribution in [0.15, 0.2) is 44.3 Å². The average Bonchev–Trinajstić information content (AvgIpc) is 3.40. The number of rotatable bonds is 7. The number of oxazole rings is 1. The van der Waals surface area contributed by atoms with Crippen molar-refractivity contribution in [2.24, 2.45) is 0 Å². The number of carbonyl (C=O) groups excluding carboxylic acids is 1. The molecule has 1 amide bonds. The van der Waals surface area contributed by atoms with Crippen LogP contribution in [0.25, 0.3) is 11.1 Å². The van der Waals surface area contributed by atoms with Gasteiger partial charge in [-0.25, -0.2) is 13.4 Å². The molecule has 166 valence electrons. The van der Waals surface area contributed by atoms with Crippen LogP contribution in [0.5, 0.6) is 0 Å². The van der Waals surface area contributed by atoms with Gasteiger partial charge in [0.15, 0.2) is 17.2 Å². The lowest BCUT2D eigenvalue weighted by molar-refractivity contribution is 0.0891. The Bertz CT molecular complexity index is 1180. The summed E-state index contributed by atoms with van der Waals surface area (Å²) in [6.45, 7) is 0.0565. The Morgan fingerprint density at radius 3 is 2.71 bits per heavy atom. The molecule has 0 bridgehead atoms. The van der Waals surface area contributed by atoms with Crippen molar-refractivity contribution in [3.05, 3.63) is 47.0 Å². The van der Waals surface area contributed by atoms with Crippen molar-refractivity contribution in [3.63, 3.8) is 0 Å². The highest BCUT2D eigenvalue weighted by Gasteiger charge is 2.28. The highest BCUT2D eigenvalue weighted by Crippen LogP contribution is 2.34. The molecule has 1 saturated carbocycles. The quantitative estimate of drug-likeness (QED) is 0.561. The molecule has 1 aliphatic rings. The van der Waals surface area contributed by atoms with Gasteiger partial charge in [-0.05, 0) is 56.0 Å². The van der Waals surface area contributed by atoms with Gasteiger partial charge in [0.05, 0.1) is 12.4 Å². The first kappa shape index (κ1) is 21.9. The first-order chi connectivity index (χ1) is 14.9. The second kappa shape index (κ2) is 9.02. The van der Waals surface area contributed by atoms with Crippen molar-refractivity contribution in [2.45, 2.75) is 42.7 Å². The molecule has 1 aromatic carbocycles. The second-order valence-electron chi connectivity index (χ2n) is 7.62. The van der Waals surface area contributed by atoms with E-state index in [4.69, 9.17) is 25.2 Å². The lowest BCUT2D eigenvalue weighted by Crippen LogP contribution is -2.37. The molecule has 0 radical (unpaired) electrons. The first-order valence-electron chi connectivity index (χ1n) is 10.0. The first-order valence-corrected chi connectivity index (χ1v) is 12.1. The minimum Gasteiger partial charge on any atom is -0.440 e. The monoisotopic (exact) mass is 466 g/mol. The summed E-state index contributed by atoms with van der Waals surface area (Å²) in [7, 11) is -2.20. The topological polar surface area (TPSA) is 112 Å². The van der Waals surface area contributed by atoms with Crippen LogP contribution in [0.4, 0.5) is 0 Å². The summed E-state index contributed by atoms with van der Waals surface area (Å²) in [6, 6.07) is 8.02. The molecule has 4 rings (SSSR count). The zero-order valence-corrected chi connectivity index (χ0v) is 18.5. The fourth-order valence-corrected chi connectivity index (χ4v) is 4.98. The lowest BCUT2D eigenvalue weighted by atomic mass is 9.86. The maximum absolute atomic E-state index is 12.5. The highest BCUT2D eigenvalue weighted by atomic mass is 35.5. The Morgan fingerprint density at radius 1 is 1.19 bits per heavy atom. The number of hydrogen-bond acceptors (Lipinski definition) is 7. The molecular weight excluding hydrogens is 444 g/mol. The van der Waals surface area contributed by atoms with Crippen molar-refractivity contribution in [1.29, 1.82) is 0 Å². The Labute approximate surface area is 184 Å². The smallest absolute Gasteiger partial charge is 0.287 e. The number of fused-ring (bicyclic) bond motifs is 1. The molecule has 1 fully saturated rings. The van der Waals surface area contributed by atoms with Gasteiger partial charge < -0.3 is 18.9 Å². The number of benzene rings is 1. The summed E-state index contributed by atoms with van der Waals surface area (Å²) in [5.41, 5.74) is 1.45. The predicted molar refractivity (Wildman–Crippen MR) is 114 cm³/mol. The average molecular weight is 467 g/mol. The molecule has 31 heavy (non-hydrogen) atoms. The number of nitrogens with one attached hydrogen (secondary N) is 1. The standard InChI is InChI=1S/C21H23ClN2O6S/c1-28-10-11-31(26,27)19-9-8-18(29-19)20(25)23-15-5-2-13(3-6-15)21-24-16-12-14(22)4-7-17(16)30-21/h4,7-9,12-13,15H,2-3,5-6,10-11H2,1H3,(H,23,25). The third kappa shape index (κ3) is 4.94. The van der Waals surface area contributed by atoms with Crippen LogP contribution in [-0.2, 0) is 14.6 Å². The number of furan rings is 1. The Balaban J connectivity index is 1.34. The van der Waals surface area contributed by atoms with E-state index in [1.54, 1.807) is 12.1 Å². The van der Waals surface area contributed by atoms with Crippen LogP contribution >= 0.6 is 11.6 Å². The summed E-state index contributed by atoms with van der Waals surface area (Å²) in [4.78, 5) is 17.1. The number of aromatic nitrogens is 1. The van der Waals surface area contributed by atoms with Crippen molar-refractivity contribution >= 4 is 38.4 Å². The molecule has 2 aromatic heterocycles. The number of ether oxygens (including phenoxy) is 1. The Kier molecular flexibility index (Phi) is 6.36. The molecular formula is C21H23ClN2O6S. The van der Waals surface area contributed by atoms with Gasteiger partial charge in [-0.3, -0.25) is 4.79 Å². The van der Waals surface area contributed by atoms with Gasteiger partial charge in [-0.15, -0.1) is 0 Å². The van der Waals surface area contributed by atoms with Crippen LogP contribution in [-0.4, -0.2) is 44.8 Å². The maximum atomic E-state index is 12.5. The van der Waals surface area contributed by atoms with Crippen LogP contribution in [0.3, 0.4) is 0 Å². The number of hydrogen-bond donors (Lipinski definition) is 1. The summed E-state index contributed by atoms with van der Waals surface area (Å²) >= 11 is 6.01. The van der Waals surface area contributed by atoms with Gasteiger partial charge in [-0.2, -0.15) is 0 Å². The van der Waals surface area contributed by atoms with E-state index in [0.29, 0.717) is 16.5 Å². The summed E-state index contributed by atoms with van der Waals surface area (Å²) < 4.78 is 40.3. The van der Waals surface area contributed by atoms with Gasteiger partial charge in [-0.1, -0.05) is 11.6 Å². The second-order valence-corrected chi connectivity index (χ2v) is 10.1. The van der Waals surface area contributed by atoms with Crippen molar-refractivity contribution in [2.75, 3.05) is 19.5 Å². The number of carbonyl (C=O) groups is 1. The van der Waals surface area contributed by atoms with Crippen molar-refractivity contribution in [1.82, 2.24) is 10.3 Å². The Hall–Kier alpha value is -2.36. The van der Waals surface area contributed by atoms with Crippen molar-refractivity contribution in [3.8, 4) is 0 Å². The normalized spacial score (nSPS) is 19.5. The molecule has 10 heteroatoms. The number of amides is 1. The molecule has 0 aliphatic heterocycles. The highest BCUT2D eigenvalue weighted by molar-refractivity contribution is 7.91. The number of halogens is 1. The van der Waals surface area contributed by atoms with Crippen LogP contribution in [0, 0.1) is 0 Å². The zero-order chi connectivity index (χ0) is 22.0. The Morgan fingerprint density at radius 2 is 1.97 bits per heavy atom. The van der Waals surface area contributed by atoms with E-state index in [1.165, 1.54) is 19.2 Å². The van der Waals surface area contributed by atoms with E-state index in [0.717, 1.165) is 31.2 Å². The summed E-state index contributed by atoms with van der Waals surface area (Å²) in [6.07, 6.45) is 3.16. The molecule has 0 spiro atoms. The number of sulfone groups is 1. The van der Waals surface area contributed by atoms with E-state index in [-0.39, 0.29) is 35.2 Å². The molecule has 0 saturated heterocycles. The van der Waals surface area contributed by atoms with Gasteiger partial charge in [0.2, 0.25) is 14.9 Å². The van der Waals surface area contributed by atoms with Crippen molar-refractivity contribution < 1.29 is 26.8 Å². The molecule has 2 heterocycles. The zero-order valence-electron chi connectivity index (χ0n) is 17.0. The summed E-state index contributed by atoms with van der Waals surface area (Å²) in [5.74, 6) is 0.228. The van der Waals surface area contributed by atoms with E-state index in [9.17, 15) is 13.2 Å². The van der Waals surface area contributed by atoms with Gasteiger partial charge in [0.1, 0.15) is 5.52 Å². The predicted octanol–water partition coefficient (Wildman–Crippen LogP) is 3.95. The van der Waals surface area contributed by atoms with E-state index >= 15 is 0 Å². The molecule has 8 nitrogen and oxygen atoms in total. The third-order valence-electron chi connectivity index (χ3n) is 5.45. The van der Waals surface area contributed by atoms with E-state index in [1.807, 2.05) is 6.07 Å². The molecule has 1 N–H and O–H groups in total. The third-order valence-corrected chi connectivity index (χ3v) is 7.22. The van der Waals surface area contributed by atoms with Gasteiger partial charge in [0.25, 0.3) is 5.91 Å². The van der Waals surface area contributed by atoms with E-state index < -0.39 is 15.7 Å². The fraction of sp³-hybridized carbons (Fsp3) is 0.429. The lowest BCUT2D eigenvalue weighted by Gasteiger charge is -2.27. The molecule has 1 aliphatic carbocycles. The summed E-state index contributed by atoms with van der Waals surface area (Å²) in [5, 5.41) is 3.32. The molecule has 0 atom stereocenters.